The first-order valence-corrected chi connectivity index (χ1v) is 8.66. The lowest BCUT2D eigenvalue weighted by Gasteiger charge is -2.24. The summed E-state index contributed by atoms with van der Waals surface area (Å²) in [6, 6.07) is 3.08. The summed E-state index contributed by atoms with van der Waals surface area (Å²) < 4.78 is 10.8. The smallest absolute Gasteiger partial charge is 0.339 e. The molecule has 2 aliphatic rings. The molecule has 1 aliphatic carbocycles. The van der Waals surface area contributed by atoms with E-state index in [1.54, 1.807) is 13.0 Å². The van der Waals surface area contributed by atoms with Crippen molar-refractivity contribution >= 4 is 5.91 Å². The zero-order valence-corrected chi connectivity index (χ0v) is 13.8. The van der Waals surface area contributed by atoms with E-state index < -0.39 is 5.63 Å². The van der Waals surface area contributed by atoms with Crippen LogP contribution in [0.5, 0.6) is 5.75 Å². The Morgan fingerprint density at radius 2 is 2.04 bits per heavy atom. The van der Waals surface area contributed by atoms with E-state index in [1.165, 1.54) is 38.2 Å². The molecule has 23 heavy (non-hydrogen) atoms. The first kappa shape index (κ1) is 16.1. The fourth-order valence-electron chi connectivity index (χ4n) is 3.65. The second-order valence-electron chi connectivity index (χ2n) is 6.80. The minimum absolute atomic E-state index is 0.0356. The third-order valence-corrected chi connectivity index (χ3v) is 4.86. The van der Waals surface area contributed by atoms with E-state index in [9.17, 15) is 9.59 Å². The second kappa shape index (κ2) is 7.20. The molecule has 1 aromatic rings. The molecule has 0 spiro atoms. The molecule has 1 aromatic heterocycles. The minimum Gasteiger partial charge on any atom is -0.488 e. The molecule has 1 unspecified atom stereocenters. The van der Waals surface area contributed by atoms with E-state index in [0.717, 1.165) is 13.0 Å². The second-order valence-corrected chi connectivity index (χ2v) is 6.80. The van der Waals surface area contributed by atoms with Crippen molar-refractivity contribution < 1.29 is 13.9 Å². The Balaban J connectivity index is 1.51. The maximum absolute atomic E-state index is 12.4. The number of hydrogen-bond donors (Lipinski definition) is 0. The van der Waals surface area contributed by atoms with Gasteiger partial charge >= 0.3 is 5.63 Å². The minimum atomic E-state index is -0.400. The van der Waals surface area contributed by atoms with Gasteiger partial charge < -0.3 is 14.1 Å². The SMILES string of the molecule is Cc1cc(OC2CCN(C(=O)CC3CCCCC3)C2)cc(=O)o1. The Kier molecular flexibility index (Phi) is 5.03. The van der Waals surface area contributed by atoms with E-state index in [-0.39, 0.29) is 12.0 Å². The van der Waals surface area contributed by atoms with Crippen LogP contribution < -0.4 is 10.4 Å². The van der Waals surface area contributed by atoms with Gasteiger partial charge in [-0.05, 0) is 25.7 Å². The van der Waals surface area contributed by atoms with Crippen molar-refractivity contribution in [3.8, 4) is 5.75 Å². The van der Waals surface area contributed by atoms with Crippen molar-refractivity contribution in [3.63, 3.8) is 0 Å². The Hall–Kier alpha value is -1.78. The number of hydrogen-bond acceptors (Lipinski definition) is 4. The summed E-state index contributed by atoms with van der Waals surface area (Å²) >= 11 is 0. The first-order valence-electron chi connectivity index (χ1n) is 8.66. The Morgan fingerprint density at radius 1 is 1.26 bits per heavy atom. The van der Waals surface area contributed by atoms with Gasteiger partial charge in [0.2, 0.25) is 5.91 Å². The fourth-order valence-corrected chi connectivity index (χ4v) is 3.65. The van der Waals surface area contributed by atoms with Crippen LogP contribution in [0, 0.1) is 12.8 Å². The molecule has 2 heterocycles. The number of ether oxygens (including phenoxy) is 1. The van der Waals surface area contributed by atoms with E-state index in [0.29, 0.717) is 30.4 Å². The molecule has 5 nitrogen and oxygen atoms in total. The molecule has 0 radical (unpaired) electrons. The van der Waals surface area contributed by atoms with Gasteiger partial charge in [-0.15, -0.1) is 0 Å². The largest absolute Gasteiger partial charge is 0.488 e. The Bertz CT molecular complexity index is 603. The summed E-state index contributed by atoms with van der Waals surface area (Å²) in [5, 5.41) is 0. The topological polar surface area (TPSA) is 59.8 Å². The van der Waals surface area contributed by atoms with Gasteiger partial charge in [0.05, 0.1) is 12.6 Å². The maximum Gasteiger partial charge on any atom is 0.339 e. The van der Waals surface area contributed by atoms with Gasteiger partial charge in [-0.25, -0.2) is 4.79 Å². The maximum atomic E-state index is 12.4. The molecule has 1 amide bonds. The van der Waals surface area contributed by atoms with Gasteiger partial charge in [-0.1, -0.05) is 19.3 Å². The molecule has 126 valence electrons. The first-order chi connectivity index (χ1) is 11.1. The van der Waals surface area contributed by atoms with Crippen molar-refractivity contribution in [3.05, 3.63) is 28.3 Å². The highest BCUT2D eigenvalue weighted by atomic mass is 16.5. The van der Waals surface area contributed by atoms with Crippen molar-refractivity contribution in [2.24, 2.45) is 5.92 Å². The molecule has 0 aromatic carbocycles. The van der Waals surface area contributed by atoms with Gasteiger partial charge in [0, 0.05) is 25.5 Å². The van der Waals surface area contributed by atoms with Crippen molar-refractivity contribution in [1.29, 1.82) is 0 Å². The normalized spacial score (nSPS) is 22.3. The third kappa shape index (κ3) is 4.36. The quantitative estimate of drug-likeness (QED) is 0.856. The molecular weight excluding hydrogens is 294 g/mol. The van der Waals surface area contributed by atoms with E-state index in [4.69, 9.17) is 9.15 Å². The number of amides is 1. The Morgan fingerprint density at radius 3 is 2.78 bits per heavy atom. The average Bonchev–Trinajstić information content (AvgIpc) is 2.96. The summed E-state index contributed by atoms with van der Waals surface area (Å²) in [7, 11) is 0. The predicted octanol–water partition coefficient (Wildman–Crippen LogP) is 2.90. The number of likely N-dealkylation sites (tertiary alicyclic amines) is 1. The summed E-state index contributed by atoms with van der Waals surface area (Å²) in [4.78, 5) is 25.7. The molecule has 0 bridgehead atoms. The van der Waals surface area contributed by atoms with Crippen LogP contribution in [0.3, 0.4) is 0 Å². The highest BCUT2D eigenvalue weighted by Crippen LogP contribution is 2.28. The summed E-state index contributed by atoms with van der Waals surface area (Å²) in [5.41, 5.74) is -0.400. The van der Waals surface area contributed by atoms with Crippen LogP contribution in [0.1, 0.15) is 50.7 Å². The predicted molar refractivity (Wildman–Crippen MR) is 86.5 cm³/mol. The van der Waals surface area contributed by atoms with Crippen molar-refractivity contribution in [2.75, 3.05) is 13.1 Å². The number of carbonyl (C=O) groups excluding carboxylic acids is 1. The number of carbonyl (C=O) groups is 1. The van der Waals surface area contributed by atoms with Crippen LogP contribution in [0.2, 0.25) is 0 Å². The third-order valence-electron chi connectivity index (χ3n) is 4.86. The monoisotopic (exact) mass is 319 g/mol. The fraction of sp³-hybridized carbons (Fsp3) is 0.667. The van der Waals surface area contributed by atoms with Crippen LogP contribution in [0.25, 0.3) is 0 Å². The average molecular weight is 319 g/mol. The molecule has 3 rings (SSSR count). The van der Waals surface area contributed by atoms with Crippen molar-refractivity contribution in [1.82, 2.24) is 4.90 Å². The molecule has 1 aliphatic heterocycles. The highest BCUT2D eigenvalue weighted by Gasteiger charge is 2.29. The van der Waals surface area contributed by atoms with Crippen LogP contribution in [-0.2, 0) is 4.79 Å². The van der Waals surface area contributed by atoms with Gasteiger partial charge in [-0.3, -0.25) is 4.79 Å². The number of nitrogens with zero attached hydrogens (tertiary/aromatic N) is 1. The zero-order chi connectivity index (χ0) is 16.2. The Labute approximate surface area is 136 Å². The number of rotatable bonds is 4. The highest BCUT2D eigenvalue weighted by molar-refractivity contribution is 5.76. The lowest BCUT2D eigenvalue weighted by molar-refractivity contribution is -0.131. The van der Waals surface area contributed by atoms with E-state index >= 15 is 0 Å². The van der Waals surface area contributed by atoms with Gasteiger partial charge in [-0.2, -0.15) is 0 Å². The standard InChI is InChI=1S/C18H25NO4/c1-13-9-16(11-18(21)22-13)23-15-7-8-19(12-15)17(20)10-14-5-3-2-4-6-14/h9,11,14-15H,2-8,10,12H2,1H3. The van der Waals surface area contributed by atoms with Crippen LogP contribution in [-0.4, -0.2) is 30.0 Å². The van der Waals surface area contributed by atoms with Crippen LogP contribution >= 0.6 is 0 Å². The summed E-state index contributed by atoms with van der Waals surface area (Å²) in [5.74, 6) is 1.89. The van der Waals surface area contributed by atoms with Gasteiger partial charge in [0.1, 0.15) is 17.6 Å². The molecule has 1 atom stereocenters. The molecule has 1 saturated heterocycles. The van der Waals surface area contributed by atoms with Crippen LogP contribution in [0.15, 0.2) is 21.3 Å². The molecule has 0 N–H and O–H groups in total. The number of aryl methyl sites for hydroxylation is 1. The van der Waals surface area contributed by atoms with Gasteiger partial charge in [0.15, 0.2) is 0 Å². The lowest BCUT2D eigenvalue weighted by atomic mass is 9.87. The summed E-state index contributed by atoms with van der Waals surface area (Å²) in [6.45, 7) is 3.09. The molecule has 5 heteroatoms. The molecule has 2 fully saturated rings. The summed E-state index contributed by atoms with van der Waals surface area (Å²) in [6.07, 6.45) is 7.69. The molecule has 1 saturated carbocycles. The van der Waals surface area contributed by atoms with E-state index in [1.807, 2.05) is 4.90 Å². The molecular formula is C18H25NO4. The van der Waals surface area contributed by atoms with Gasteiger partial charge in [0.25, 0.3) is 0 Å². The van der Waals surface area contributed by atoms with Crippen LogP contribution in [0.4, 0.5) is 0 Å². The lowest BCUT2D eigenvalue weighted by Crippen LogP contribution is -2.32. The zero-order valence-electron chi connectivity index (χ0n) is 13.8. The van der Waals surface area contributed by atoms with E-state index in [2.05, 4.69) is 0 Å². The van der Waals surface area contributed by atoms with Crippen molar-refractivity contribution in [2.45, 2.75) is 58.0 Å².